The number of phenols is 1. The summed E-state index contributed by atoms with van der Waals surface area (Å²) in [5.41, 5.74) is 1.52. The topological polar surface area (TPSA) is 119 Å². The van der Waals surface area contributed by atoms with Crippen molar-refractivity contribution in [1.82, 2.24) is 5.32 Å². The van der Waals surface area contributed by atoms with Crippen molar-refractivity contribution in [3.63, 3.8) is 0 Å². The number of fused-ring (bicyclic) bond motifs is 3. The van der Waals surface area contributed by atoms with Crippen molar-refractivity contribution in [3.8, 4) is 17.2 Å². The number of aryl methyl sites for hydroxylation is 2. The van der Waals surface area contributed by atoms with Crippen LogP contribution in [0.3, 0.4) is 0 Å². The second-order valence-corrected chi connectivity index (χ2v) is 8.82. The molecule has 8 heteroatoms. The maximum atomic E-state index is 13.3. The van der Waals surface area contributed by atoms with Crippen LogP contribution in [0.25, 0.3) is 0 Å². The standard InChI is InChI=1S/C26H25NO7/c1-12-6-7-15(8-13(12)2)11-27-25(32)21-18(33-5)9-17(30)22-23(21)34-19-10-16(29)20(14(3)28)24(31)26(19,22)4/h6-10,20,30H,11H2,1-5H3,(H,27,32)/t20?,26-/m1/s1. The zero-order valence-corrected chi connectivity index (χ0v) is 19.6. The van der Waals surface area contributed by atoms with E-state index in [1.54, 1.807) is 0 Å². The Morgan fingerprint density at radius 3 is 2.50 bits per heavy atom. The Balaban J connectivity index is 1.79. The van der Waals surface area contributed by atoms with E-state index in [1.807, 2.05) is 32.0 Å². The summed E-state index contributed by atoms with van der Waals surface area (Å²) in [6, 6.07) is 7.07. The van der Waals surface area contributed by atoms with E-state index in [-0.39, 0.29) is 40.7 Å². The van der Waals surface area contributed by atoms with E-state index in [0.717, 1.165) is 22.8 Å². The first-order valence-electron chi connectivity index (χ1n) is 10.8. The van der Waals surface area contributed by atoms with Gasteiger partial charge in [-0.05, 0) is 44.4 Å². The first kappa shape index (κ1) is 23.2. The molecular weight excluding hydrogens is 438 g/mol. The number of hydrogen-bond acceptors (Lipinski definition) is 7. The van der Waals surface area contributed by atoms with Gasteiger partial charge in [0, 0.05) is 18.7 Å². The lowest BCUT2D eigenvalue weighted by Gasteiger charge is -2.30. The number of ether oxygens (including phenoxy) is 2. The van der Waals surface area contributed by atoms with Gasteiger partial charge in [-0.3, -0.25) is 19.2 Å². The van der Waals surface area contributed by atoms with Crippen molar-refractivity contribution < 1.29 is 33.8 Å². The highest BCUT2D eigenvalue weighted by Crippen LogP contribution is 2.56. The van der Waals surface area contributed by atoms with Gasteiger partial charge in [0.15, 0.2) is 17.3 Å². The third-order valence-corrected chi connectivity index (χ3v) is 6.62. The average Bonchev–Trinajstić information content (AvgIpc) is 3.07. The van der Waals surface area contributed by atoms with Crippen LogP contribution in [0, 0.1) is 19.8 Å². The molecule has 0 saturated carbocycles. The molecule has 1 aliphatic heterocycles. The average molecular weight is 463 g/mol. The van der Waals surface area contributed by atoms with Gasteiger partial charge < -0.3 is 19.9 Å². The maximum Gasteiger partial charge on any atom is 0.259 e. The molecule has 4 rings (SSSR count). The van der Waals surface area contributed by atoms with E-state index in [1.165, 1.54) is 27.0 Å². The fraction of sp³-hybridized carbons (Fsp3) is 0.308. The molecule has 2 aromatic rings. The second kappa shape index (κ2) is 8.13. The zero-order chi connectivity index (χ0) is 24.9. The summed E-state index contributed by atoms with van der Waals surface area (Å²) in [7, 11) is 1.34. The number of amides is 1. The number of carbonyl (C=O) groups is 4. The number of allylic oxidation sites excluding steroid dienone is 2. The van der Waals surface area contributed by atoms with E-state index in [9.17, 15) is 24.3 Å². The number of rotatable bonds is 5. The number of Topliss-reactive ketones (excluding diaryl/α,β-unsaturated/α-hetero) is 2. The van der Waals surface area contributed by atoms with Crippen molar-refractivity contribution in [2.75, 3.05) is 7.11 Å². The molecule has 2 N–H and O–H groups in total. The summed E-state index contributed by atoms with van der Waals surface area (Å²) < 4.78 is 11.2. The molecule has 1 amide bonds. The third-order valence-electron chi connectivity index (χ3n) is 6.62. The van der Waals surface area contributed by atoms with Gasteiger partial charge in [0.2, 0.25) is 0 Å². The lowest BCUT2D eigenvalue weighted by Crippen LogP contribution is -2.47. The molecule has 1 heterocycles. The minimum absolute atomic E-state index is 0.0183. The molecule has 0 saturated heterocycles. The molecule has 0 bridgehead atoms. The molecule has 0 aromatic heterocycles. The van der Waals surface area contributed by atoms with E-state index in [2.05, 4.69) is 5.32 Å². The Morgan fingerprint density at radius 2 is 1.88 bits per heavy atom. The van der Waals surface area contributed by atoms with Crippen LogP contribution in [0.2, 0.25) is 0 Å². The number of nitrogens with one attached hydrogen (secondary N) is 1. The number of phenolic OH excluding ortho intramolecular Hbond substituents is 1. The van der Waals surface area contributed by atoms with Crippen LogP contribution in [0.5, 0.6) is 17.2 Å². The Labute approximate surface area is 196 Å². The van der Waals surface area contributed by atoms with Crippen molar-refractivity contribution in [2.24, 2.45) is 5.92 Å². The Hall–Kier alpha value is -3.94. The minimum atomic E-state index is -1.60. The fourth-order valence-electron chi connectivity index (χ4n) is 4.54. The molecule has 34 heavy (non-hydrogen) atoms. The molecule has 176 valence electrons. The molecule has 0 fully saturated rings. The highest BCUT2D eigenvalue weighted by atomic mass is 16.5. The summed E-state index contributed by atoms with van der Waals surface area (Å²) in [6.45, 7) is 6.84. The monoisotopic (exact) mass is 463 g/mol. The molecule has 1 unspecified atom stereocenters. The smallest absolute Gasteiger partial charge is 0.259 e. The van der Waals surface area contributed by atoms with Crippen LogP contribution in [0.4, 0.5) is 0 Å². The molecular formula is C26H25NO7. The summed E-state index contributed by atoms with van der Waals surface area (Å²) in [6.07, 6.45) is 1.09. The number of carbonyl (C=O) groups excluding carboxylic acids is 4. The van der Waals surface area contributed by atoms with Gasteiger partial charge >= 0.3 is 0 Å². The number of aromatic hydroxyl groups is 1. The van der Waals surface area contributed by atoms with E-state index in [4.69, 9.17) is 9.47 Å². The molecule has 0 spiro atoms. The first-order chi connectivity index (χ1) is 16.0. The molecule has 2 aliphatic rings. The normalized spacial score (nSPS) is 20.7. The summed E-state index contributed by atoms with van der Waals surface area (Å²) in [5.74, 6) is -4.45. The maximum absolute atomic E-state index is 13.3. The Morgan fingerprint density at radius 1 is 1.18 bits per heavy atom. The second-order valence-electron chi connectivity index (χ2n) is 8.82. The molecule has 2 atom stereocenters. The molecule has 2 aromatic carbocycles. The lowest BCUT2D eigenvalue weighted by molar-refractivity contribution is -0.140. The summed E-state index contributed by atoms with van der Waals surface area (Å²) >= 11 is 0. The first-order valence-corrected chi connectivity index (χ1v) is 10.8. The van der Waals surface area contributed by atoms with Gasteiger partial charge in [-0.1, -0.05) is 18.2 Å². The van der Waals surface area contributed by atoms with Crippen molar-refractivity contribution >= 4 is 23.3 Å². The molecule has 8 nitrogen and oxygen atoms in total. The van der Waals surface area contributed by atoms with Gasteiger partial charge in [0.25, 0.3) is 5.91 Å². The third kappa shape index (κ3) is 3.37. The highest BCUT2D eigenvalue weighted by Gasteiger charge is 2.58. The van der Waals surface area contributed by atoms with Gasteiger partial charge in [-0.2, -0.15) is 0 Å². The van der Waals surface area contributed by atoms with Crippen LogP contribution < -0.4 is 14.8 Å². The molecule has 1 aliphatic carbocycles. The molecule has 0 radical (unpaired) electrons. The van der Waals surface area contributed by atoms with Crippen LogP contribution in [-0.2, 0) is 26.3 Å². The van der Waals surface area contributed by atoms with Gasteiger partial charge in [0.05, 0.1) is 12.7 Å². The van der Waals surface area contributed by atoms with Crippen LogP contribution >= 0.6 is 0 Å². The van der Waals surface area contributed by atoms with Crippen LogP contribution in [0.1, 0.15) is 46.5 Å². The summed E-state index contributed by atoms with van der Waals surface area (Å²) in [5, 5.41) is 13.6. The van der Waals surface area contributed by atoms with Crippen LogP contribution in [-0.4, -0.2) is 35.5 Å². The Kier molecular flexibility index (Phi) is 5.55. The van der Waals surface area contributed by atoms with E-state index in [0.29, 0.717) is 0 Å². The van der Waals surface area contributed by atoms with E-state index >= 15 is 0 Å². The summed E-state index contributed by atoms with van der Waals surface area (Å²) in [4.78, 5) is 51.1. The van der Waals surface area contributed by atoms with Crippen molar-refractivity contribution in [2.45, 2.75) is 39.7 Å². The SMILES string of the molecule is COc1cc(O)c2c(c1C(=O)NCc1ccc(C)c(C)c1)OC1=CC(=O)C(C(C)=O)C(=O)[C@]12C. The van der Waals surface area contributed by atoms with Crippen molar-refractivity contribution in [3.05, 3.63) is 63.9 Å². The van der Waals surface area contributed by atoms with E-state index < -0.39 is 34.6 Å². The predicted molar refractivity (Wildman–Crippen MR) is 122 cm³/mol. The minimum Gasteiger partial charge on any atom is -0.507 e. The number of benzene rings is 2. The quantitative estimate of drug-likeness (QED) is 0.655. The van der Waals surface area contributed by atoms with Crippen molar-refractivity contribution in [1.29, 1.82) is 0 Å². The number of methoxy groups -OCH3 is 1. The number of hydrogen-bond donors (Lipinski definition) is 2. The Bertz CT molecular complexity index is 1310. The fourth-order valence-corrected chi connectivity index (χ4v) is 4.54. The number of ketones is 3. The van der Waals surface area contributed by atoms with Gasteiger partial charge in [-0.15, -0.1) is 0 Å². The largest absolute Gasteiger partial charge is 0.507 e. The highest BCUT2D eigenvalue weighted by molar-refractivity contribution is 6.27. The lowest BCUT2D eigenvalue weighted by atomic mass is 9.67. The van der Waals surface area contributed by atoms with Gasteiger partial charge in [0.1, 0.15) is 39.9 Å². The van der Waals surface area contributed by atoms with Crippen LogP contribution in [0.15, 0.2) is 36.1 Å². The van der Waals surface area contributed by atoms with Gasteiger partial charge in [-0.25, -0.2) is 0 Å². The predicted octanol–water partition coefficient (Wildman–Crippen LogP) is 2.84. The zero-order valence-electron chi connectivity index (χ0n) is 19.6.